The van der Waals surface area contributed by atoms with Crippen LogP contribution >= 0.6 is 0 Å². The number of ketones is 1. The summed E-state index contributed by atoms with van der Waals surface area (Å²) in [6.45, 7) is 8.31. The average molecular weight is 208 g/mol. The van der Waals surface area contributed by atoms with Gasteiger partial charge in [0.1, 0.15) is 0 Å². The van der Waals surface area contributed by atoms with Crippen LogP contribution in [0.4, 0.5) is 0 Å². The van der Waals surface area contributed by atoms with E-state index >= 15 is 0 Å². The number of hydrogen-bond acceptors (Lipinski definition) is 2. The summed E-state index contributed by atoms with van der Waals surface area (Å²) in [5.41, 5.74) is 0.237. The normalized spacial score (nSPS) is 42.7. The Bertz CT molecular complexity index is 312. The van der Waals surface area contributed by atoms with Crippen LogP contribution in [0.15, 0.2) is 12.2 Å². The Hall–Kier alpha value is -0.630. The lowest BCUT2D eigenvalue weighted by molar-refractivity contribution is -0.112. The molecule has 1 heterocycles. The van der Waals surface area contributed by atoms with Gasteiger partial charge in [-0.25, -0.2) is 0 Å². The predicted molar refractivity (Wildman–Crippen MR) is 59.6 cm³/mol. The van der Waals surface area contributed by atoms with E-state index in [0.717, 1.165) is 6.42 Å². The van der Waals surface area contributed by atoms with E-state index in [1.165, 1.54) is 6.42 Å². The number of allylic oxidation sites excluding steroid dienone is 1. The summed E-state index contributed by atoms with van der Waals surface area (Å²) >= 11 is 0. The number of carbonyl (C=O) groups excluding carboxylic acids is 1. The molecule has 0 N–H and O–H groups in total. The monoisotopic (exact) mass is 208 g/mol. The van der Waals surface area contributed by atoms with E-state index in [1.807, 2.05) is 0 Å². The van der Waals surface area contributed by atoms with E-state index in [1.54, 1.807) is 13.0 Å². The van der Waals surface area contributed by atoms with Crippen molar-refractivity contribution in [2.24, 2.45) is 11.3 Å². The quantitative estimate of drug-likeness (QED) is 0.516. The minimum absolute atomic E-state index is 0.00625. The highest BCUT2D eigenvalue weighted by molar-refractivity contribution is 5.87. The molecular weight excluding hydrogens is 188 g/mol. The highest BCUT2D eigenvalue weighted by Crippen LogP contribution is 2.58. The van der Waals surface area contributed by atoms with Gasteiger partial charge in [-0.15, -0.1) is 0 Å². The minimum Gasteiger partial charge on any atom is -0.366 e. The van der Waals surface area contributed by atoms with Crippen molar-refractivity contribution in [3.8, 4) is 0 Å². The molecule has 2 aliphatic rings. The minimum atomic E-state index is -0.00625. The van der Waals surface area contributed by atoms with Gasteiger partial charge in [0.25, 0.3) is 0 Å². The second-order valence-corrected chi connectivity index (χ2v) is 5.77. The molecule has 2 rings (SSSR count). The number of ether oxygens (including phenoxy) is 1. The zero-order valence-corrected chi connectivity index (χ0v) is 10.0. The third-order valence-corrected chi connectivity index (χ3v) is 4.01. The van der Waals surface area contributed by atoms with Gasteiger partial charge in [0.05, 0.1) is 11.7 Å². The Morgan fingerprint density at radius 2 is 2.07 bits per heavy atom. The van der Waals surface area contributed by atoms with E-state index in [9.17, 15) is 4.79 Å². The molecule has 3 atom stereocenters. The predicted octanol–water partition coefficient (Wildman–Crippen LogP) is 2.73. The Balaban J connectivity index is 2.21. The lowest BCUT2D eigenvalue weighted by Gasteiger charge is -2.38. The van der Waals surface area contributed by atoms with Gasteiger partial charge in [0, 0.05) is 5.92 Å². The summed E-state index contributed by atoms with van der Waals surface area (Å²) in [6, 6.07) is 0. The van der Waals surface area contributed by atoms with Gasteiger partial charge in [-0.3, -0.25) is 4.79 Å². The van der Waals surface area contributed by atoms with Crippen LogP contribution in [-0.4, -0.2) is 17.5 Å². The van der Waals surface area contributed by atoms with Gasteiger partial charge in [0.2, 0.25) is 0 Å². The van der Waals surface area contributed by atoms with Gasteiger partial charge < -0.3 is 4.74 Å². The zero-order chi connectivity index (χ0) is 11.3. The van der Waals surface area contributed by atoms with Gasteiger partial charge in [-0.1, -0.05) is 19.9 Å². The molecule has 0 aromatic carbocycles. The fourth-order valence-electron chi connectivity index (χ4n) is 3.01. The fourth-order valence-corrected chi connectivity index (χ4v) is 3.01. The molecule has 1 aliphatic heterocycles. The molecule has 1 saturated heterocycles. The van der Waals surface area contributed by atoms with Crippen LogP contribution < -0.4 is 0 Å². The number of carbonyl (C=O) groups is 1. The summed E-state index contributed by atoms with van der Waals surface area (Å²) in [5, 5.41) is 0. The van der Waals surface area contributed by atoms with Crippen molar-refractivity contribution >= 4 is 5.78 Å². The second kappa shape index (κ2) is 3.18. The first-order valence-corrected chi connectivity index (χ1v) is 5.73. The molecule has 1 aliphatic carbocycles. The maximum Gasteiger partial charge on any atom is 0.152 e. The maximum absolute atomic E-state index is 11.0. The Morgan fingerprint density at radius 1 is 1.40 bits per heavy atom. The van der Waals surface area contributed by atoms with Crippen molar-refractivity contribution in [2.45, 2.75) is 52.2 Å². The van der Waals surface area contributed by atoms with Crippen LogP contribution in [0, 0.1) is 11.3 Å². The van der Waals surface area contributed by atoms with E-state index in [2.05, 4.69) is 26.8 Å². The molecule has 0 amide bonds. The number of epoxide rings is 1. The van der Waals surface area contributed by atoms with Crippen LogP contribution in [0.2, 0.25) is 0 Å². The molecule has 2 fully saturated rings. The molecule has 84 valence electrons. The molecule has 2 heteroatoms. The van der Waals surface area contributed by atoms with Gasteiger partial charge >= 0.3 is 0 Å². The first-order chi connectivity index (χ1) is 6.86. The van der Waals surface area contributed by atoms with Crippen LogP contribution in [0.5, 0.6) is 0 Å². The lowest BCUT2D eigenvalue weighted by atomic mass is 9.64. The molecule has 1 saturated carbocycles. The second-order valence-electron chi connectivity index (χ2n) is 5.77. The van der Waals surface area contributed by atoms with E-state index in [4.69, 9.17) is 4.74 Å². The third-order valence-electron chi connectivity index (χ3n) is 4.01. The van der Waals surface area contributed by atoms with Crippen molar-refractivity contribution in [1.29, 1.82) is 0 Å². The molecule has 0 aromatic rings. The molecule has 0 unspecified atom stereocenters. The maximum atomic E-state index is 11.0. The topological polar surface area (TPSA) is 29.6 Å². The van der Waals surface area contributed by atoms with Crippen molar-refractivity contribution in [2.75, 3.05) is 0 Å². The van der Waals surface area contributed by atoms with Crippen molar-refractivity contribution in [1.82, 2.24) is 0 Å². The smallest absolute Gasteiger partial charge is 0.152 e. The van der Waals surface area contributed by atoms with Crippen molar-refractivity contribution in [3.63, 3.8) is 0 Å². The molecule has 0 aromatic heterocycles. The van der Waals surface area contributed by atoms with Crippen molar-refractivity contribution in [3.05, 3.63) is 12.2 Å². The Morgan fingerprint density at radius 3 is 2.67 bits per heavy atom. The molecule has 2 nitrogen and oxygen atoms in total. The van der Waals surface area contributed by atoms with Crippen LogP contribution in [0.25, 0.3) is 0 Å². The van der Waals surface area contributed by atoms with E-state index in [0.29, 0.717) is 12.0 Å². The van der Waals surface area contributed by atoms with E-state index in [-0.39, 0.29) is 16.8 Å². The molecular formula is C13H20O2. The average Bonchev–Trinajstić information content (AvgIpc) is 2.74. The number of hydrogen-bond donors (Lipinski definition) is 0. The number of fused-ring (bicyclic) bond motifs is 1. The first kappa shape index (κ1) is 10.9. The number of rotatable bonds is 2. The molecule has 0 bridgehead atoms. The van der Waals surface area contributed by atoms with Crippen LogP contribution in [0.1, 0.15) is 40.5 Å². The standard InChI is InChI=1S/C13H20O2/c1-9(14)5-6-10-12(2,3)8-7-11-13(10,4)15-11/h5-6,10-11H,7-8H2,1-4H3/t10-,11-,13+/m1/s1. The van der Waals surface area contributed by atoms with Gasteiger partial charge in [-0.05, 0) is 38.2 Å². The van der Waals surface area contributed by atoms with E-state index < -0.39 is 0 Å². The fraction of sp³-hybridized carbons (Fsp3) is 0.769. The summed E-state index contributed by atoms with van der Waals surface area (Å²) in [6.07, 6.45) is 6.52. The summed E-state index contributed by atoms with van der Waals surface area (Å²) < 4.78 is 5.78. The summed E-state index contributed by atoms with van der Waals surface area (Å²) in [5.74, 6) is 0.491. The molecule has 0 spiro atoms. The van der Waals surface area contributed by atoms with Crippen LogP contribution in [0.3, 0.4) is 0 Å². The third kappa shape index (κ3) is 1.76. The SMILES string of the molecule is CC(=O)C=C[C@@H]1C(C)(C)CC[C@H]2O[C@@]12C. The lowest BCUT2D eigenvalue weighted by Crippen LogP contribution is -2.39. The van der Waals surface area contributed by atoms with Gasteiger partial charge in [0.15, 0.2) is 5.78 Å². The largest absolute Gasteiger partial charge is 0.366 e. The van der Waals surface area contributed by atoms with Gasteiger partial charge in [-0.2, -0.15) is 0 Å². The van der Waals surface area contributed by atoms with Crippen LogP contribution in [-0.2, 0) is 9.53 Å². The molecule has 15 heavy (non-hydrogen) atoms. The highest BCUT2D eigenvalue weighted by Gasteiger charge is 2.63. The zero-order valence-electron chi connectivity index (χ0n) is 10.0. The molecule has 0 radical (unpaired) electrons. The summed E-state index contributed by atoms with van der Waals surface area (Å²) in [7, 11) is 0. The Kier molecular flexibility index (Phi) is 2.30. The highest BCUT2D eigenvalue weighted by atomic mass is 16.6. The summed E-state index contributed by atoms with van der Waals surface area (Å²) in [4.78, 5) is 11.0. The first-order valence-electron chi connectivity index (χ1n) is 5.73. The van der Waals surface area contributed by atoms with Crippen molar-refractivity contribution < 1.29 is 9.53 Å². The Labute approximate surface area is 91.7 Å².